The predicted molar refractivity (Wildman–Crippen MR) is 82.1 cm³/mol. The number of nitrogens with zero attached hydrogens (tertiary/aromatic N) is 2. The summed E-state index contributed by atoms with van der Waals surface area (Å²) in [5, 5.41) is 9.27. The maximum Gasteiger partial charge on any atom is 0.221 e. The third-order valence-corrected chi connectivity index (χ3v) is 2.82. The van der Waals surface area contributed by atoms with E-state index in [1.807, 2.05) is 27.7 Å². The highest BCUT2D eigenvalue weighted by atomic mass is 16.1. The Bertz CT molecular complexity index is 447. The Morgan fingerprint density at radius 2 is 1.70 bits per heavy atom. The Morgan fingerprint density at radius 3 is 2.30 bits per heavy atom. The van der Waals surface area contributed by atoms with E-state index in [1.54, 1.807) is 0 Å². The maximum absolute atomic E-state index is 11.5. The van der Waals surface area contributed by atoms with Crippen LogP contribution < -0.4 is 16.0 Å². The SMILES string of the molecule is CCCNC(=O)CCNc1nc(C)nc(NCC)c1C. The fourth-order valence-corrected chi connectivity index (χ4v) is 1.79. The van der Waals surface area contributed by atoms with Gasteiger partial charge in [-0.25, -0.2) is 9.97 Å². The first-order valence-electron chi connectivity index (χ1n) is 7.18. The average Bonchev–Trinajstić information content (AvgIpc) is 2.41. The summed E-state index contributed by atoms with van der Waals surface area (Å²) >= 11 is 0. The third-order valence-electron chi connectivity index (χ3n) is 2.82. The van der Waals surface area contributed by atoms with E-state index in [2.05, 4.69) is 25.9 Å². The molecule has 112 valence electrons. The van der Waals surface area contributed by atoms with E-state index in [-0.39, 0.29) is 5.91 Å². The highest BCUT2D eigenvalue weighted by Crippen LogP contribution is 2.19. The van der Waals surface area contributed by atoms with Crippen LogP contribution >= 0.6 is 0 Å². The van der Waals surface area contributed by atoms with Crippen molar-refractivity contribution in [2.75, 3.05) is 30.3 Å². The van der Waals surface area contributed by atoms with E-state index in [0.29, 0.717) is 18.8 Å². The fourth-order valence-electron chi connectivity index (χ4n) is 1.79. The van der Waals surface area contributed by atoms with E-state index in [1.165, 1.54) is 0 Å². The molecule has 1 aromatic rings. The van der Waals surface area contributed by atoms with Crippen LogP contribution in [-0.2, 0) is 4.79 Å². The van der Waals surface area contributed by atoms with Crippen molar-refractivity contribution in [1.82, 2.24) is 15.3 Å². The molecule has 0 bridgehead atoms. The van der Waals surface area contributed by atoms with Crippen molar-refractivity contribution in [2.45, 2.75) is 40.5 Å². The van der Waals surface area contributed by atoms with E-state index in [4.69, 9.17) is 0 Å². The van der Waals surface area contributed by atoms with Crippen LogP contribution in [0, 0.1) is 13.8 Å². The molecule has 0 saturated carbocycles. The topological polar surface area (TPSA) is 78.9 Å². The van der Waals surface area contributed by atoms with Gasteiger partial charge >= 0.3 is 0 Å². The zero-order valence-corrected chi connectivity index (χ0v) is 12.8. The second-order valence-corrected chi connectivity index (χ2v) is 4.65. The van der Waals surface area contributed by atoms with Crippen molar-refractivity contribution in [3.63, 3.8) is 0 Å². The summed E-state index contributed by atoms with van der Waals surface area (Å²) in [6.07, 6.45) is 1.40. The van der Waals surface area contributed by atoms with Gasteiger partial charge in [0, 0.05) is 31.6 Å². The average molecular weight is 279 g/mol. The lowest BCUT2D eigenvalue weighted by atomic mass is 10.3. The Balaban J connectivity index is 2.57. The van der Waals surface area contributed by atoms with Crippen molar-refractivity contribution in [3.05, 3.63) is 11.4 Å². The number of nitrogens with one attached hydrogen (secondary N) is 3. The molecule has 0 saturated heterocycles. The molecule has 0 atom stereocenters. The Hall–Kier alpha value is -1.85. The van der Waals surface area contributed by atoms with Crippen LogP contribution in [0.4, 0.5) is 11.6 Å². The molecular formula is C14H25N5O. The second kappa shape index (κ2) is 8.35. The Kier molecular flexibility index (Phi) is 6.76. The van der Waals surface area contributed by atoms with Crippen LogP contribution in [0.2, 0.25) is 0 Å². The van der Waals surface area contributed by atoms with E-state index >= 15 is 0 Å². The van der Waals surface area contributed by atoms with Crippen LogP contribution in [0.5, 0.6) is 0 Å². The van der Waals surface area contributed by atoms with Gasteiger partial charge < -0.3 is 16.0 Å². The number of aromatic nitrogens is 2. The molecule has 1 heterocycles. The summed E-state index contributed by atoms with van der Waals surface area (Å²) in [6.45, 7) is 10.0. The van der Waals surface area contributed by atoms with E-state index in [9.17, 15) is 4.79 Å². The lowest BCUT2D eigenvalue weighted by Crippen LogP contribution is -2.26. The van der Waals surface area contributed by atoms with Gasteiger partial charge in [0.05, 0.1) is 0 Å². The molecule has 0 radical (unpaired) electrons. The van der Waals surface area contributed by atoms with Crippen LogP contribution in [-0.4, -0.2) is 35.5 Å². The lowest BCUT2D eigenvalue weighted by Gasteiger charge is -2.13. The number of aryl methyl sites for hydroxylation is 1. The molecule has 3 N–H and O–H groups in total. The molecule has 6 nitrogen and oxygen atoms in total. The molecule has 0 aliphatic rings. The molecule has 1 rings (SSSR count). The summed E-state index contributed by atoms with van der Waals surface area (Å²) in [5.41, 5.74) is 0.978. The first-order chi connectivity index (χ1) is 9.58. The molecule has 1 aromatic heterocycles. The first kappa shape index (κ1) is 16.2. The van der Waals surface area contributed by atoms with Gasteiger partial charge in [-0.15, -0.1) is 0 Å². The molecule has 0 spiro atoms. The molecule has 0 aromatic carbocycles. The monoisotopic (exact) mass is 279 g/mol. The van der Waals surface area contributed by atoms with Crippen molar-refractivity contribution < 1.29 is 4.79 Å². The van der Waals surface area contributed by atoms with Gasteiger partial charge in [0.1, 0.15) is 17.5 Å². The highest BCUT2D eigenvalue weighted by molar-refractivity contribution is 5.76. The minimum atomic E-state index is 0.0645. The van der Waals surface area contributed by atoms with Crippen LogP contribution in [0.1, 0.15) is 38.1 Å². The van der Waals surface area contributed by atoms with Crippen molar-refractivity contribution in [3.8, 4) is 0 Å². The predicted octanol–water partition coefficient (Wildman–Crippen LogP) is 1.85. The highest BCUT2D eigenvalue weighted by Gasteiger charge is 2.08. The van der Waals surface area contributed by atoms with Gasteiger partial charge in [-0.3, -0.25) is 4.79 Å². The number of hydrogen-bond acceptors (Lipinski definition) is 5. The zero-order valence-electron chi connectivity index (χ0n) is 12.8. The van der Waals surface area contributed by atoms with Gasteiger partial charge in [0.15, 0.2) is 0 Å². The minimum absolute atomic E-state index is 0.0645. The Morgan fingerprint density at radius 1 is 1.05 bits per heavy atom. The van der Waals surface area contributed by atoms with Gasteiger partial charge in [0.25, 0.3) is 0 Å². The van der Waals surface area contributed by atoms with Crippen LogP contribution in [0.25, 0.3) is 0 Å². The second-order valence-electron chi connectivity index (χ2n) is 4.65. The first-order valence-corrected chi connectivity index (χ1v) is 7.18. The van der Waals surface area contributed by atoms with Crippen LogP contribution in [0.15, 0.2) is 0 Å². The Labute approximate surface area is 120 Å². The zero-order chi connectivity index (χ0) is 15.0. The summed E-state index contributed by atoms with van der Waals surface area (Å²) in [7, 11) is 0. The molecule has 1 amide bonds. The molecule has 0 aliphatic carbocycles. The maximum atomic E-state index is 11.5. The quantitative estimate of drug-likeness (QED) is 0.677. The molecule has 20 heavy (non-hydrogen) atoms. The number of rotatable bonds is 8. The minimum Gasteiger partial charge on any atom is -0.370 e. The van der Waals surface area contributed by atoms with Crippen molar-refractivity contribution >= 4 is 17.5 Å². The largest absolute Gasteiger partial charge is 0.370 e. The van der Waals surface area contributed by atoms with Crippen LogP contribution in [0.3, 0.4) is 0 Å². The smallest absolute Gasteiger partial charge is 0.221 e. The number of hydrogen-bond donors (Lipinski definition) is 3. The van der Waals surface area contributed by atoms with E-state index in [0.717, 1.165) is 36.7 Å². The molecule has 0 aliphatic heterocycles. The molecular weight excluding hydrogens is 254 g/mol. The molecule has 6 heteroatoms. The summed E-state index contributed by atoms with van der Waals surface area (Å²) in [6, 6.07) is 0. The molecule has 0 fully saturated rings. The normalized spacial score (nSPS) is 10.2. The van der Waals surface area contributed by atoms with Crippen molar-refractivity contribution in [2.24, 2.45) is 0 Å². The standard InChI is InChI=1S/C14H25N5O/c1-5-8-16-12(20)7-9-17-14-10(3)13(15-6-2)18-11(4)19-14/h5-9H2,1-4H3,(H,16,20)(H2,15,17,18,19). The third kappa shape index (κ3) is 5.03. The number of carbonyl (C=O) groups excluding carboxylic acids is 1. The number of carbonyl (C=O) groups is 1. The number of amides is 1. The van der Waals surface area contributed by atoms with Gasteiger partial charge in [-0.1, -0.05) is 6.92 Å². The van der Waals surface area contributed by atoms with E-state index < -0.39 is 0 Å². The molecule has 0 unspecified atom stereocenters. The summed E-state index contributed by atoms with van der Waals surface area (Å²) in [4.78, 5) is 20.3. The number of anilines is 2. The lowest BCUT2D eigenvalue weighted by molar-refractivity contribution is -0.120. The fraction of sp³-hybridized carbons (Fsp3) is 0.643. The summed E-state index contributed by atoms with van der Waals surface area (Å²) < 4.78 is 0. The van der Waals surface area contributed by atoms with Gasteiger partial charge in [0.2, 0.25) is 5.91 Å². The van der Waals surface area contributed by atoms with Crippen molar-refractivity contribution in [1.29, 1.82) is 0 Å². The van der Waals surface area contributed by atoms with Gasteiger partial charge in [-0.05, 0) is 27.2 Å². The van der Waals surface area contributed by atoms with Gasteiger partial charge in [-0.2, -0.15) is 0 Å². The summed E-state index contributed by atoms with van der Waals surface area (Å²) in [5.74, 6) is 2.41.